The minimum absolute atomic E-state index is 0.0672. The van der Waals surface area contributed by atoms with E-state index < -0.39 is 17.8 Å². The Morgan fingerprint density at radius 2 is 1.61 bits per heavy atom. The lowest BCUT2D eigenvalue weighted by atomic mass is 9.70. The van der Waals surface area contributed by atoms with Gasteiger partial charge in [0.15, 0.2) is 0 Å². The van der Waals surface area contributed by atoms with Gasteiger partial charge in [-0.25, -0.2) is 4.90 Å². The SMILES string of the molecule is Cc1ccc(N2C(=O)C3C4C=CC(C3C2=O)N(C)C4=O)c(C)c1. The van der Waals surface area contributed by atoms with Crippen LogP contribution in [0.15, 0.2) is 30.4 Å². The van der Waals surface area contributed by atoms with Gasteiger partial charge in [-0.3, -0.25) is 14.4 Å². The molecule has 5 rings (SSSR count). The van der Waals surface area contributed by atoms with Crippen molar-refractivity contribution in [2.75, 3.05) is 11.9 Å². The summed E-state index contributed by atoms with van der Waals surface area (Å²) in [6, 6.07) is 5.36. The van der Waals surface area contributed by atoms with Gasteiger partial charge in [0.1, 0.15) is 0 Å². The van der Waals surface area contributed by atoms with Gasteiger partial charge in [0.05, 0.1) is 29.5 Å². The lowest BCUT2D eigenvalue weighted by Crippen LogP contribution is -2.57. The molecule has 2 fully saturated rings. The average molecular weight is 310 g/mol. The number of benzene rings is 1. The maximum absolute atomic E-state index is 13.0. The zero-order valence-electron chi connectivity index (χ0n) is 13.3. The van der Waals surface area contributed by atoms with E-state index in [1.54, 1.807) is 18.0 Å². The first-order chi connectivity index (χ1) is 10.9. The Labute approximate surface area is 134 Å². The first kappa shape index (κ1) is 14.2. The van der Waals surface area contributed by atoms with Crippen LogP contribution in [-0.4, -0.2) is 35.7 Å². The lowest BCUT2D eigenvalue weighted by molar-refractivity contribution is -0.148. The Balaban J connectivity index is 1.81. The number of likely N-dealkylation sites (N-methyl/N-ethyl adjacent to an activating group) is 1. The quantitative estimate of drug-likeness (QED) is 0.582. The van der Waals surface area contributed by atoms with E-state index >= 15 is 0 Å². The lowest BCUT2D eigenvalue weighted by Gasteiger charge is -2.44. The number of hydrogen-bond donors (Lipinski definition) is 0. The van der Waals surface area contributed by atoms with Gasteiger partial charge in [-0.05, 0) is 25.5 Å². The highest BCUT2D eigenvalue weighted by Gasteiger charge is 2.61. The number of carbonyl (C=O) groups is 3. The summed E-state index contributed by atoms with van der Waals surface area (Å²) in [5.41, 5.74) is 2.61. The summed E-state index contributed by atoms with van der Waals surface area (Å²) in [7, 11) is 1.71. The minimum atomic E-state index is -0.554. The predicted octanol–water partition coefficient (Wildman–Crippen LogP) is 1.44. The number of fused-ring (bicyclic) bond motifs is 1. The van der Waals surface area contributed by atoms with Crippen molar-refractivity contribution in [1.29, 1.82) is 0 Å². The van der Waals surface area contributed by atoms with Gasteiger partial charge in [-0.2, -0.15) is 0 Å². The van der Waals surface area contributed by atoms with E-state index in [2.05, 4.69) is 0 Å². The largest absolute Gasteiger partial charge is 0.338 e. The average Bonchev–Trinajstić information content (AvgIpc) is 2.77. The summed E-state index contributed by atoms with van der Waals surface area (Å²) < 4.78 is 0. The molecule has 0 radical (unpaired) electrons. The standard InChI is InChI=1S/C18H18N2O3/c1-9-4-6-12(10(2)8-9)20-17(22)14-11-5-7-13(15(14)18(20)23)19(3)16(11)21/h4-8,11,13-15H,1-3H3. The van der Waals surface area contributed by atoms with Crippen molar-refractivity contribution >= 4 is 23.4 Å². The van der Waals surface area contributed by atoms with Crippen molar-refractivity contribution in [2.24, 2.45) is 17.8 Å². The van der Waals surface area contributed by atoms with Crippen LogP contribution in [0.3, 0.4) is 0 Å². The molecule has 23 heavy (non-hydrogen) atoms. The molecule has 1 aromatic rings. The molecule has 5 heteroatoms. The number of nitrogens with zero attached hydrogens (tertiary/aromatic N) is 2. The number of anilines is 1. The maximum Gasteiger partial charge on any atom is 0.240 e. The second-order valence-electron chi connectivity index (χ2n) is 6.70. The number of carbonyl (C=O) groups excluding carboxylic acids is 3. The van der Waals surface area contributed by atoms with Crippen molar-refractivity contribution in [3.05, 3.63) is 41.5 Å². The van der Waals surface area contributed by atoms with Gasteiger partial charge < -0.3 is 4.90 Å². The van der Waals surface area contributed by atoms with Crippen LogP contribution in [0.5, 0.6) is 0 Å². The second kappa shape index (κ2) is 4.54. The molecular formula is C18H18N2O3. The molecule has 0 N–H and O–H groups in total. The van der Waals surface area contributed by atoms with Crippen LogP contribution in [0.25, 0.3) is 0 Å². The van der Waals surface area contributed by atoms with Crippen molar-refractivity contribution < 1.29 is 14.4 Å². The zero-order valence-corrected chi connectivity index (χ0v) is 13.3. The molecule has 1 aromatic carbocycles. The topological polar surface area (TPSA) is 57.7 Å². The highest BCUT2D eigenvalue weighted by atomic mass is 16.2. The molecular weight excluding hydrogens is 292 g/mol. The Morgan fingerprint density at radius 3 is 2.30 bits per heavy atom. The van der Waals surface area contributed by atoms with Gasteiger partial charge in [-0.1, -0.05) is 29.8 Å². The van der Waals surface area contributed by atoms with Crippen LogP contribution in [0, 0.1) is 31.6 Å². The summed E-state index contributed by atoms with van der Waals surface area (Å²) in [5.74, 6) is -2.02. The molecule has 2 bridgehead atoms. The van der Waals surface area contributed by atoms with Crippen LogP contribution in [-0.2, 0) is 14.4 Å². The molecule has 1 aliphatic carbocycles. The fourth-order valence-corrected chi connectivity index (χ4v) is 4.20. The predicted molar refractivity (Wildman–Crippen MR) is 84.6 cm³/mol. The molecule has 3 aliphatic heterocycles. The van der Waals surface area contributed by atoms with Crippen LogP contribution in [0.4, 0.5) is 5.69 Å². The minimum Gasteiger partial charge on any atom is -0.338 e. The number of piperidine rings is 1. The fourth-order valence-electron chi connectivity index (χ4n) is 4.20. The van der Waals surface area contributed by atoms with E-state index in [9.17, 15) is 14.4 Å². The Hall–Kier alpha value is -2.43. The molecule has 4 aliphatic rings. The summed E-state index contributed by atoms with van der Waals surface area (Å²) in [5, 5.41) is 0. The van der Waals surface area contributed by atoms with E-state index in [4.69, 9.17) is 0 Å². The molecule has 4 unspecified atom stereocenters. The van der Waals surface area contributed by atoms with E-state index in [1.165, 1.54) is 4.90 Å². The summed E-state index contributed by atoms with van der Waals surface area (Å²) in [4.78, 5) is 41.1. The Kier molecular flexibility index (Phi) is 2.80. The van der Waals surface area contributed by atoms with E-state index in [0.29, 0.717) is 5.69 Å². The molecule has 118 valence electrons. The van der Waals surface area contributed by atoms with Gasteiger partial charge in [-0.15, -0.1) is 0 Å². The normalized spacial score (nSPS) is 32.0. The van der Waals surface area contributed by atoms with Crippen molar-refractivity contribution in [3.63, 3.8) is 0 Å². The number of imide groups is 1. The van der Waals surface area contributed by atoms with Crippen molar-refractivity contribution in [1.82, 2.24) is 4.90 Å². The molecule has 3 heterocycles. The molecule has 4 atom stereocenters. The van der Waals surface area contributed by atoms with Crippen molar-refractivity contribution in [2.45, 2.75) is 19.9 Å². The van der Waals surface area contributed by atoms with Gasteiger partial charge in [0, 0.05) is 7.05 Å². The smallest absolute Gasteiger partial charge is 0.240 e. The van der Waals surface area contributed by atoms with Gasteiger partial charge in [0.2, 0.25) is 17.7 Å². The zero-order chi connectivity index (χ0) is 16.5. The highest BCUT2D eigenvalue weighted by molar-refractivity contribution is 6.24. The van der Waals surface area contributed by atoms with Crippen LogP contribution in [0.2, 0.25) is 0 Å². The Morgan fingerprint density at radius 1 is 0.913 bits per heavy atom. The first-order valence-electron chi connectivity index (χ1n) is 7.82. The number of rotatable bonds is 1. The third-order valence-electron chi connectivity index (χ3n) is 5.34. The molecule has 3 amide bonds. The molecule has 0 saturated carbocycles. The van der Waals surface area contributed by atoms with Gasteiger partial charge in [0.25, 0.3) is 0 Å². The number of aryl methyl sites for hydroxylation is 2. The molecule has 0 spiro atoms. The van der Waals surface area contributed by atoms with Crippen LogP contribution < -0.4 is 4.90 Å². The third-order valence-corrected chi connectivity index (χ3v) is 5.34. The van der Waals surface area contributed by atoms with E-state index in [-0.39, 0.29) is 23.8 Å². The summed E-state index contributed by atoms with van der Waals surface area (Å²) >= 11 is 0. The van der Waals surface area contributed by atoms with Crippen molar-refractivity contribution in [3.8, 4) is 0 Å². The van der Waals surface area contributed by atoms with Crippen LogP contribution in [0.1, 0.15) is 11.1 Å². The number of hydrogen-bond acceptors (Lipinski definition) is 3. The molecule has 5 nitrogen and oxygen atoms in total. The fraction of sp³-hybridized carbons (Fsp3) is 0.389. The molecule has 2 saturated heterocycles. The first-order valence-corrected chi connectivity index (χ1v) is 7.82. The second-order valence-corrected chi connectivity index (χ2v) is 6.70. The Bertz CT molecular complexity index is 782. The van der Waals surface area contributed by atoms with Gasteiger partial charge >= 0.3 is 0 Å². The van der Waals surface area contributed by atoms with E-state index in [1.807, 2.05) is 38.1 Å². The number of amides is 3. The molecule has 0 aromatic heterocycles. The van der Waals surface area contributed by atoms with E-state index in [0.717, 1.165) is 11.1 Å². The third kappa shape index (κ3) is 1.70. The van der Waals surface area contributed by atoms with Crippen LogP contribution >= 0.6 is 0 Å². The maximum atomic E-state index is 13.0. The highest BCUT2D eigenvalue weighted by Crippen LogP contribution is 2.46. The summed E-state index contributed by atoms with van der Waals surface area (Å²) in [6.07, 6.45) is 3.69. The monoisotopic (exact) mass is 310 g/mol. The summed E-state index contributed by atoms with van der Waals surface area (Å²) in [6.45, 7) is 3.87.